The van der Waals surface area contributed by atoms with Crippen LogP contribution in [0.4, 0.5) is 0 Å². The Bertz CT molecular complexity index is 552. The molecule has 1 fully saturated rings. The highest BCUT2D eigenvalue weighted by atomic mass is 16.5. The van der Waals surface area contributed by atoms with Crippen LogP contribution in [0.2, 0.25) is 0 Å². The molecule has 1 saturated heterocycles. The van der Waals surface area contributed by atoms with Crippen molar-refractivity contribution >= 4 is 11.8 Å². The molecule has 138 valence electrons. The minimum absolute atomic E-state index is 0.000364. The summed E-state index contributed by atoms with van der Waals surface area (Å²) in [6.07, 6.45) is 2.92. The summed E-state index contributed by atoms with van der Waals surface area (Å²) in [6, 6.07) is 7.68. The van der Waals surface area contributed by atoms with Gasteiger partial charge in [-0.3, -0.25) is 9.59 Å². The fraction of sp³-hybridized carbons (Fsp3) is 0.579. The minimum Gasteiger partial charge on any atom is -0.497 e. The van der Waals surface area contributed by atoms with Gasteiger partial charge in [0.15, 0.2) is 0 Å². The molecule has 1 aromatic carbocycles. The molecule has 6 nitrogen and oxygen atoms in total. The first-order valence-electron chi connectivity index (χ1n) is 8.97. The van der Waals surface area contributed by atoms with Crippen LogP contribution in [0.3, 0.4) is 0 Å². The standard InChI is InChI=1S/C19H29N3O3/c1-20-11-3-4-18(23)22-12-9-16(10-13-22)19(24)21-14-15-5-7-17(25-2)8-6-15/h5-8,16,20H,3-4,9-14H2,1-2H3,(H,21,24). The normalized spacial score (nSPS) is 15.0. The molecule has 0 aromatic heterocycles. The van der Waals surface area contributed by atoms with Crippen LogP contribution in [0, 0.1) is 5.92 Å². The van der Waals surface area contributed by atoms with Crippen molar-refractivity contribution < 1.29 is 14.3 Å². The lowest BCUT2D eigenvalue weighted by Crippen LogP contribution is -2.43. The van der Waals surface area contributed by atoms with Gasteiger partial charge in [-0.2, -0.15) is 0 Å². The largest absolute Gasteiger partial charge is 0.497 e. The van der Waals surface area contributed by atoms with Gasteiger partial charge in [-0.1, -0.05) is 12.1 Å². The molecule has 1 aromatic rings. The molecule has 0 unspecified atom stereocenters. The van der Waals surface area contributed by atoms with Crippen molar-refractivity contribution in [3.8, 4) is 5.75 Å². The SMILES string of the molecule is CNCCCC(=O)N1CCC(C(=O)NCc2ccc(OC)cc2)CC1. The molecule has 0 spiro atoms. The number of carbonyl (C=O) groups excluding carboxylic acids is 2. The van der Waals surface area contributed by atoms with Crippen LogP contribution < -0.4 is 15.4 Å². The van der Waals surface area contributed by atoms with E-state index in [4.69, 9.17) is 4.74 Å². The number of piperidine rings is 1. The lowest BCUT2D eigenvalue weighted by Gasteiger charge is -2.31. The fourth-order valence-corrected chi connectivity index (χ4v) is 3.04. The predicted molar refractivity (Wildman–Crippen MR) is 97.3 cm³/mol. The molecule has 6 heteroatoms. The third-order valence-corrected chi connectivity index (χ3v) is 4.66. The van der Waals surface area contributed by atoms with Crippen LogP contribution in [0.15, 0.2) is 24.3 Å². The summed E-state index contributed by atoms with van der Waals surface area (Å²) in [5, 5.41) is 6.05. The van der Waals surface area contributed by atoms with Crippen LogP contribution in [0.1, 0.15) is 31.2 Å². The van der Waals surface area contributed by atoms with Gasteiger partial charge in [-0.25, -0.2) is 0 Å². The number of amides is 2. The molecular weight excluding hydrogens is 318 g/mol. The summed E-state index contributed by atoms with van der Waals surface area (Å²) in [5.41, 5.74) is 1.05. The molecule has 0 radical (unpaired) electrons. The third kappa shape index (κ3) is 6.05. The highest BCUT2D eigenvalue weighted by Crippen LogP contribution is 2.19. The molecule has 25 heavy (non-hydrogen) atoms. The van der Waals surface area contributed by atoms with Gasteiger partial charge in [0, 0.05) is 32.0 Å². The van der Waals surface area contributed by atoms with Gasteiger partial charge in [-0.05, 0) is 50.6 Å². The average Bonchev–Trinajstić information content (AvgIpc) is 2.66. The Hall–Kier alpha value is -2.08. The molecule has 0 aliphatic carbocycles. The number of likely N-dealkylation sites (tertiary alicyclic amines) is 1. The summed E-state index contributed by atoms with van der Waals surface area (Å²) in [5.74, 6) is 1.09. The van der Waals surface area contributed by atoms with Crippen LogP contribution in [0.5, 0.6) is 5.75 Å². The van der Waals surface area contributed by atoms with E-state index >= 15 is 0 Å². The maximum atomic E-state index is 12.3. The maximum Gasteiger partial charge on any atom is 0.223 e. The highest BCUT2D eigenvalue weighted by molar-refractivity contribution is 5.80. The lowest BCUT2D eigenvalue weighted by molar-refractivity contribution is -0.135. The quantitative estimate of drug-likeness (QED) is 0.700. The van der Waals surface area contributed by atoms with E-state index in [1.807, 2.05) is 36.2 Å². The van der Waals surface area contributed by atoms with Crippen molar-refractivity contribution in [1.82, 2.24) is 15.5 Å². The molecule has 2 N–H and O–H groups in total. The Morgan fingerprint density at radius 1 is 1.20 bits per heavy atom. The molecule has 1 heterocycles. The number of nitrogens with zero attached hydrogens (tertiary/aromatic N) is 1. The van der Waals surface area contributed by atoms with E-state index in [2.05, 4.69) is 10.6 Å². The number of ether oxygens (including phenoxy) is 1. The molecule has 0 atom stereocenters. The van der Waals surface area contributed by atoms with Crippen molar-refractivity contribution in [2.24, 2.45) is 5.92 Å². The van der Waals surface area contributed by atoms with Gasteiger partial charge in [-0.15, -0.1) is 0 Å². The van der Waals surface area contributed by atoms with E-state index in [9.17, 15) is 9.59 Å². The number of carbonyl (C=O) groups is 2. The Morgan fingerprint density at radius 3 is 2.48 bits per heavy atom. The van der Waals surface area contributed by atoms with Crippen LogP contribution in [-0.2, 0) is 16.1 Å². The first kappa shape index (κ1) is 19.2. The molecule has 2 rings (SSSR count). The number of rotatable bonds is 8. The van der Waals surface area contributed by atoms with Gasteiger partial charge in [0.2, 0.25) is 11.8 Å². The Labute approximate surface area is 149 Å². The zero-order valence-electron chi connectivity index (χ0n) is 15.2. The lowest BCUT2D eigenvalue weighted by atomic mass is 9.95. The number of benzene rings is 1. The molecule has 0 bridgehead atoms. The Balaban J connectivity index is 1.70. The molecule has 0 saturated carbocycles. The van der Waals surface area contributed by atoms with Gasteiger partial charge >= 0.3 is 0 Å². The average molecular weight is 347 g/mol. The van der Waals surface area contributed by atoms with E-state index in [0.29, 0.717) is 26.1 Å². The molecule has 1 aliphatic rings. The van der Waals surface area contributed by atoms with Crippen molar-refractivity contribution in [1.29, 1.82) is 0 Å². The smallest absolute Gasteiger partial charge is 0.223 e. The van der Waals surface area contributed by atoms with E-state index in [0.717, 1.165) is 37.1 Å². The highest BCUT2D eigenvalue weighted by Gasteiger charge is 2.26. The zero-order valence-corrected chi connectivity index (χ0v) is 15.2. The molecule has 2 amide bonds. The maximum absolute atomic E-state index is 12.3. The second-order valence-electron chi connectivity index (χ2n) is 6.43. The summed E-state index contributed by atoms with van der Waals surface area (Å²) >= 11 is 0. The van der Waals surface area contributed by atoms with Crippen molar-refractivity contribution in [3.05, 3.63) is 29.8 Å². The van der Waals surface area contributed by atoms with E-state index in [1.165, 1.54) is 0 Å². The third-order valence-electron chi connectivity index (χ3n) is 4.66. The Kier molecular flexibility index (Phi) is 7.73. The number of nitrogens with one attached hydrogen (secondary N) is 2. The first-order valence-corrected chi connectivity index (χ1v) is 8.97. The molecular formula is C19H29N3O3. The van der Waals surface area contributed by atoms with Gasteiger partial charge in [0.25, 0.3) is 0 Å². The van der Waals surface area contributed by atoms with Crippen LogP contribution in [0.25, 0.3) is 0 Å². The topological polar surface area (TPSA) is 70.7 Å². The van der Waals surface area contributed by atoms with E-state index in [1.54, 1.807) is 7.11 Å². The monoisotopic (exact) mass is 347 g/mol. The van der Waals surface area contributed by atoms with E-state index in [-0.39, 0.29) is 17.7 Å². The number of hydrogen-bond donors (Lipinski definition) is 2. The second kappa shape index (κ2) is 10.0. The van der Waals surface area contributed by atoms with Crippen LogP contribution in [-0.4, -0.2) is 50.5 Å². The van der Waals surface area contributed by atoms with Crippen molar-refractivity contribution in [3.63, 3.8) is 0 Å². The van der Waals surface area contributed by atoms with E-state index < -0.39 is 0 Å². The van der Waals surface area contributed by atoms with Gasteiger partial charge < -0.3 is 20.3 Å². The van der Waals surface area contributed by atoms with Crippen LogP contribution >= 0.6 is 0 Å². The summed E-state index contributed by atoms with van der Waals surface area (Å²) in [6.45, 7) is 2.74. The van der Waals surface area contributed by atoms with Gasteiger partial charge in [0.1, 0.15) is 5.75 Å². The first-order chi connectivity index (χ1) is 12.1. The van der Waals surface area contributed by atoms with Crippen molar-refractivity contribution in [2.45, 2.75) is 32.2 Å². The summed E-state index contributed by atoms with van der Waals surface area (Å²) in [7, 11) is 3.52. The second-order valence-corrected chi connectivity index (χ2v) is 6.43. The predicted octanol–water partition coefficient (Wildman–Crippen LogP) is 1.55. The minimum atomic E-state index is -0.000364. The number of methoxy groups -OCH3 is 1. The summed E-state index contributed by atoms with van der Waals surface area (Å²) in [4.78, 5) is 26.3. The fourth-order valence-electron chi connectivity index (χ4n) is 3.04. The molecule has 1 aliphatic heterocycles. The zero-order chi connectivity index (χ0) is 18.1. The number of hydrogen-bond acceptors (Lipinski definition) is 4. The summed E-state index contributed by atoms with van der Waals surface area (Å²) < 4.78 is 5.13. The van der Waals surface area contributed by atoms with Crippen molar-refractivity contribution in [2.75, 3.05) is 33.8 Å². The van der Waals surface area contributed by atoms with Gasteiger partial charge in [0.05, 0.1) is 7.11 Å². The Morgan fingerprint density at radius 2 is 1.88 bits per heavy atom.